The molecule has 3 heterocycles. The lowest BCUT2D eigenvalue weighted by atomic mass is 9.82. The number of amides is 3. The Morgan fingerprint density at radius 3 is 2.40 bits per heavy atom. The Labute approximate surface area is 282 Å². The molecule has 3 aromatic rings. The number of para-hydroxylation sites is 1. The van der Waals surface area contributed by atoms with Gasteiger partial charge in [0.05, 0.1) is 35.0 Å². The Balaban J connectivity index is 1.48. The van der Waals surface area contributed by atoms with Crippen LogP contribution in [0.4, 0.5) is 10.5 Å². The van der Waals surface area contributed by atoms with E-state index in [0.29, 0.717) is 12.3 Å². The van der Waals surface area contributed by atoms with Crippen molar-refractivity contribution in [1.29, 1.82) is 5.26 Å². The Bertz CT molecular complexity index is 1800. The van der Waals surface area contributed by atoms with Crippen LogP contribution in [0, 0.1) is 11.3 Å². The van der Waals surface area contributed by atoms with E-state index >= 15 is 4.79 Å². The smallest absolute Gasteiger partial charge is 0.320 e. The number of benzene rings is 3. The fourth-order valence-corrected chi connectivity index (χ4v) is 8.75. The number of likely N-dealkylation sites (tertiary alicyclic amines) is 1. The summed E-state index contributed by atoms with van der Waals surface area (Å²) in [7, 11) is -4.44. The van der Waals surface area contributed by atoms with Gasteiger partial charge < -0.3 is 19.9 Å². The molecule has 6 rings (SSSR count). The maximum atomic E-state index is 15.1. The van der Waals surface area contributed by atoms with E-state index in [1.54, 1.807) is 47.4 Å². The molecular formula is C36H42N6O5S. The molecule has 3 aromatic carbocycles. The van der Waals surface area contributed by atoms with Crippen molar-refractivity contribution in [3.8, 4) is 11.8 Å². The number of piperazine rings is 1. The van der Waals surface area contributed by atoms with Crippen LogP contribution in [0.15, 0.2) is 77.7 Å². The fourth-order valence-electron chi connectivity index (χ4n) is 7.27. The van der Waals surface area contributed by atoms with Crippen molar-refractivity contribution in [3.05, 3.63) is 89.5 Å². The first-order chi connectivity index (χ1) is 23.3. The number of fused-ring (bicyclic) bond motifs is 1. The average molecular weight is 671 g/mol. The normalized spacial score (nSPS) is 21.9. The predicted octanol–water partition coefficient (Wildman–Crippen LogP) is 4.49. The second-order valence-electron chi connectivity index (χ2n) is 12.4. The number of carbonyl (C=O) groups is 2. The highest BCUT2D eigenvalue weighted by molar-refractivity contribution is 7.93. The third kappa shape index (κ3) is 5.91. The quantitative estimate of drug-likeness (QED) is 0.353. The van der Waals surface area contributed by atoms with Gasteiger partial charge in [0.2, 0.25) is 0 Å². The first kappa shape index (κ1) is 33.5. The van der Waals surface area contributed by atoms with Gasteiger partial charge in [-0.25, -0.2) is 13.2 Å². The van der Waals surface area contributed by atoms with Gasteiger partial charge in [0.25, 0.3) is 15.9 Å². The Hall–Kier alpha value is -4.44. The summed E-state index contributed by atoms with van der Waals surface area (Å²) in [5.41, 5.74) is -1.26. The first-order valence-corrected chi connectivity index (χ1v) is 18.2. The topological polar surface area (TPSA) is 126 Å². The summed E-state index contributed by atoms with van der Waals surface area (Å²) in [6, 6.07) is 20.6. The van der Waals surface area contributed by atoms with Crippen molar-refractivity contribution in [2.75, 3.05) is 50.2 Å². The molecule has 12 heteroatoms. The second kappa shape index (κ2) is 14.0. The first-order valence-electron chi connectivity index (χ1n) is 16.7. The zero-order chi connectivity index (χ0) is 33.9. The Morgan fingerprint density at radius 1 is 0.958 bits per heavy atom. The minimum absolute atomic E-state index is 0.0664. The van der Waals surface area contributed by atoms with Crippen molar-refractivity contribution in [3.63, 3.8) is 0 Å². The molecule has 2 unspecified atom stereocenters. The third-order valence-corrected chi connectivity index (χ3v) is 11.2. The van der Waals surface area contributed by atoms with Gasteiger partial charge in [0.15, 0.2) is 5.54 Å². The number of carbonyl (C=O) groups excluding carboxylic acids is 2. The van der Waals surface area contributed by atoms with E-state index in [2.05, 4.69) is 28.1 Å². The van der Waals surface area contributed by atoms with Crippen molar-refractivity contribution < 1.29 is 22.7 Å². The zero-order valence-corrected chi connectivity index (χ0v) is 28.3. The molecule has 0 aromatic heterocycles. The summed E-state index contributed by atoms with van der Waals surface area (Å²) in [6.45, 7) is 9.26. The van der Waals surface area contributed by atoms with Crippen LogP contribution in [-0.2, 0) is 20.4 Å². The SMILES string of the molecule is CCCN1CCN(C2CCCCN2C(=O)NC2(c3ccccc3OCC)C(=O)N(S(=O)(=O)c3ccccc3)c3ccc(C#N)cc32)CC1. The van der Waals surface area contributed by atoms with E-state index in [9.17, 15) is 18.5 Å². The molecule has 2 fully saturated rings. The van der Waals surface area contributed by atoms with Crippen LogP contribution < -0.4 is 14.4 Å². The highest BCUT2D eigenvalue weighted by Crippen LogP contribution is 2.49. The van der Waals surface area contributed by atoms with Crippen LogP contribution in [-0.4, -0.2) is 87.1 Å². The predicted molar refractivity (Wildman–Crippen MR) is 182 cm³/mol. The molecule has 0 bridgehead atoms. The molecule has 0 radical (unpaired) electrons. The van der Waals surface area contributed by atoms with Crippen LogP contribution in [0.3, 0.4) is 0 Å². The van der Waals surface area contributed by atoms with E-state index in [4.69, 9.17) is 4.74 Å². The molecule has 3 amide bonds. The van der Waals surface area contributed by atoms with Gasteiger partial charge in [-0.3, -0.25) is 9.69 Å². The van der Waals surface area contributed by atoms with E-state index in [1.165, 1.54) is 30.3 Å². The van der Waals surface area contributed by atoms with E-state index in [0.717, 1.165) is 62.7 Å². The summed E-state index contributed by atoms with van der Waals surface area (Å²) in [5, 5.41) is 13.0. The van der Waals surface area contributed by atoms with Gasteiger partial charge in [-0.05, 0) is 75.5 Å². The molecule has 48 heavy (non-hydrogen) atoms. The third-order valence-electron chi connectivity index (χ3n) is 9.52. The van der Waals surface area contributed by atoms with Crippen LogP contribution in [0.2, 0.25) is 0 Å². The fraction of sp³-hybridized carbons (Fsp3) is 0.417. The average Bonchev–Trinajstić information content (AvgIpc) is 3.36. The summed E-state index contributed by atoms with van der Waals surface area (Å²) < 4.78 is 35.3. The van der Waals surface area contributed by atoms with Gasteiger partial charge in [-0.15, -0.1) is 0 Å². The number of nitrogens with zero attached hydrogens (tertiary/aromatic N) is 5. The molecule has 3 aliphatic rings. The molecule has 1 N–H and O–H groups in total. The lowest BCUT2D eigenvalue weighted by molar-refractivity contribution is -0.121. The second-order valence-corrected chi connectivity index (χ2v) is 14.2. The monoisotopic (exact) mass is 670 g/mol. The summed E-state index contributed by atoms with van der Waals surface area (Å²) in [4.78, 5) is 36.3. The molecule has 11 nitrogen and oxygen atoms in total. The molecular weight excluding hydrogens is 628 g/mol. The summed E-state index contributed by atoms with van der Waals surface area (Å²) in [6.07, 6.45) is 3.48. The van der Waals surface area contributed by atoms with Crippen molar-refractivity contribution >= 4 is 27.6 Å². The van der Waals surface area contributed by atoms with E-state index in [1.807, 2.05) is 6.92 Å². The van der Waals surface area contributed by atoms with Crippen molar-refractivity contribution in [1.82, 2.24) is 20.0 Å². The Kier molecular flexibility index (Phi) is 9.73. The largest absolute Gasteiger partial charge is 0.493 e. The molecule has 2 atom stereocenters. The van der Waals surface area contributed by atoms with Crippen LogP contribution in [0.1, 0.15) is 56.2 Å². The highest BCUT2D eigenvalue weighted by Gasteiger charge is 2.59. The number of nitriles is 1. The molecule has 0 saturated carbocycles. The van der Waals surface area contributed by atoms with E-state index in [-0.39, 0.29) is 40.0 Å². The number of anilines is 1. The number of urea groups is 1. The molecule has 252 valence electrons. The van der Waals surface area contributed by atoms with E-state index < -0.39 is 27.5 Å². The number of piperidine rings is 1. The van der Waals surface area contributed by atoms with Gasteiger partial charge in [0, 0.05) is 43.9 Å². The maximum Gasteiger partial charge on any atom is 0.320 e. The summed E-state index contributed by atoms with van der Waals surface area (Å²) in [5.74, 6) is -0.554. The molecule has 3 aliphatic heterocycles. The number of sulfonamides is 1. The highest BCUT2D eigenvalue weighted by atomic mass is 32.2. The number of ether oxygens (including phenoxy) is 1. The zero-order valence-electron chi connectivity index (χ0n) is 27.5. The van der Waals surface area contributed by atoms with Gasteiger partial charge >= 0.3 is 6.03 Å². The standard InChI is InChI=1S/C36H42N6O5S/c1-3-19-39-21-23-40(24-22-39)33-16-10-11-20-41(33)35(44)38-36(29-14-8-9-15-32(29)47-4-2)30-25-27(26-37)17-18-31(30)42(34(36)43)48(45,46)28-12-6-5-7-13-28/h5-9,12-15,17-18,25,33H,3-4,10-11,16,19-24H2,1-2H3,(H,38,44). The maximum absolute atomic E-state index is 15.1. The van der Waals surface area contributed by atoms with Crippen molar-refractivity contribution in [2.24, 2.45) is 0 Å². The van der Waals surface area contributed by atoms with Crippen molar-refractivity contribution in [2.45, 2.75) is 56.1 Å². The number of hydrogen-bond donors (Lipinski definition) is 1. The Morgan fingerprint density at radius 2 is 1.69 bits per heavy atom. The molecule has 0 aliphatic carbocycles. The van der Waals surface area contributed by atoms with Crippen LogP contribution >= 0.6 is 0 Å². The molecule has 2 saturated heterocycles. The molecule has 0 spiro atoms. The van der Waals surface area contributed by atoms with Gasteiger partial charge in [-0.1, -0.05) is 43.3 Å². The minimum atomic E-state index is -4.44. The number of nitrogens with one attached hydrogen (secondary N) is 1. The van der Waals surface area contributed by atoms with Crippen LogP contribution in [0.5, 0.6) is 5.75 Å². The number of rotatable bonds is 9. The lowest BCUT2D eigenvalue weighted by Gasteiger charge is -2.46. The summed E-state index contributed by atoms with van der Waals surface area (Å²) >= 11 is 0. The van der Waals surface area contributed by atoms with Gasteiger partial charge in [-0.2, -0.15) is 9.57 Å². The number of hydrogen-bond acceptors (Lipinski definition) is 8. The lowest BCUT2D eigenvalue weighted by Crippen LogP contribution is -2.63. The van der Waals surface area contributed by atoms with Gasteiger partial charge in [0.1, 0.15) is 5.75 Å². The minimum Gasteiger partial charge on any atom is -0.493 e. The van der Waals surface area contributed by atoms with Crippen LogP contribution in [0.25, 0.3) is 0 Å².